The highest BCUT2D eigenvalue weighted by Gasteiger charge is 2.14. The summed E-state index contributed by atoms with van der Waals surface area (Å²) in [6, 6.07) is 6.39. The molecule has 1 N–H and O–H groups in total. The van der Waals surface area contributed by atoms with Crippen molar-refractivity contribution in [1.29, 1.82) is 0 Å². The summed E-state index contributed by atoms with van der Waals surface area (Å²) in [5.41, 5.74) is 4.36. The van der Waals surface area contributed by atoms with Crippen LogP contribution in [0.5, 0.6) is 0 Å². The third-order valence-corrected chi connectivity index (χ3v) is 3.25. The molecule has 0 aliphatic rings. The first-order valence-electron chi connectivity index (χ1n) is 6.29. The van der Waals surface area contributed by atoms with Crippen LogP contribution in [0, 0.1) is 0 Å². The number of benzene rings is 1. The van der Waals surface area contributed by atoms with E-state index in [1.54, 1.807) is 12.4 Å². The van der Waals surface area contributed by atoms with Gasteiger partial charge >= 0.3 is 0 Å². The zero-order chi connectivity index (χ0) is 13.0. The maximum Gasteiger partial charge on any atom is 0.0934 e. The van der Waals surface area contributed by atoms with Gasteiger partial charge in [-0.25, -0.2) is 0 Å². The standard InChI is InChI=1S/C15H19N3/c1-4-11(2)10-14(16-3)12-6-5-7-13-15(12)18-9-8-17-13/h5-9,14,16H,2,4,10H2,1,3H3. The molecule has 1 aromatic carbocycles. The van der Waals surface area contributed by atoms with Crippen LogP contribution in [0.15, 0.2) is 42.7 Å². The van der Waals surface area contributed by atoms with Gasteiger partial charge in [0, 0.05) is 18.4 Å². The fourth-order valence-corrected chi connectivity index (χ4v) is 2.10. The van der Waals surface area contributed by atoms with Gasteiger partial charge in [-0.05, 0) is 31.5 Å². The van der Waals surface area contributed by atoms with E-state index < -0.39 is 0 Å². The van der Waals surface area contributed by atoms with E-state index in [-0.39, 0.29) is 6.04 Å². The quantitative estimate of drug-likeness (QED) is 0.817. The molecule has 0 spiro atoms. The predicted molar refractivity (Wildman–Crippen MR) is 75.4 cm³/mol. The third-order valence-electron chi connectivity index (χ3n) is 3.25. The summed E-state index contributed by atoms with van der Waals surface area (Å²) in [6.45, 7) is 6.23. The average molecular weight is 241 g/mol. The lowest BCUT2D eigenvalue weighted by Crippen LogP contribution is -2.17. The van der Waals surface area contributed by atoms with Crippen LogP contribution in [0.25, 0.3) is 11.0 Å². The van der Waals surface area contributed by atoms with Crippen molar-refractivity contribution in [3.63, 3.8) is 0 Å². The number of rotatable bonds is 5. The van der Waals surface area contributed by atoms with Crippen molar-refractivity contribution >= 4 is 11.0 Å². The van der Waals surface area contributed by atoms with Crippen molar-refractivity contribution in [1.82, 2.24) is 15.3 Å². The van der Waals surface area contributed by atoms with Gasteiger partial charge in [0.15, 0.2) is 0 Å². The highest BCUT2D eigenvalue weighted by Crippen LogP contribution is 2.26. The number of aromatic nitrogens is 2. The molecule has 1 atom stereocenters. The molecule has 2 aromatic rings. The van der Waals surface area contributed by atoms with Gasteiger partial charge in [-0.1, -0.05) is 31.2 Å². The van der Waals surface area contributed by atoms with Crippen molar-refractivity contribution in [2.45, 2.75) is 25.8 Å². The molecule has 0 aliphatic heterocycles. The Morgan fingerprint density at radius 1 is 1.33 bits per heavy atom. The molecule has 3 heteroatoms. The van der Waals surface area contributed by atoms with Crippen LogP contribution < -0.4 is 5.32 Å². The number of fused-ring (bicyclic) bond motifs is 1. The SMILES string of the molecule is C=C(CC)CC(NC)c1cccc2nccnc12. The molecule has 0 aliphatic carbocycles. The molecule has 2 rings (SSSR count). The van der Waals surface area contributed by atoms with Gasteiger partial charge in [0.1, 0.15) is 0 Å². The lowest BCUT2D eigenvalue weighted by Gasteiger charge is -2.18. The molecule has 0 amide bonds. The lowest BCUT2D eigenvalue weighted by atomic mass is 9.97. The number of hydrogen-bond donors (Lipinski definition) is 1. The van der Waals surface area contributed by atoms with Crippen molar-refractivity contribution in [2.75, 3.05) is 7.05 Å². The van der Waals surface area contributed by atoms with Gasteiger partial charge in [-0.3, -0.25) is 9.97 Å². The fraction of sp³-hybridized carbons (Fsp3) is 0.333. The van der Waals surface area contributed by atoms with E-state index in [9.17, 15) is 0 Å². The number of nitrogens with zero attached hydrogens (tertiary/aromatic N) is 2. The molecule has 0 fully saturated rings. The Bertz CT molecular complexity index is 543. The van der Waals surface area contributed by atoms with Crippen LogP contribution in [-0.2, 0) is 0 Å². The topological polar surface area (TPSA) is 37.8 Å². The van der Waals surface area contributed by atoms with E-state index in [1.165, 1.54) is 11.1 Å². The summed E-state index contributed by atoms with van der Waals surface area (Å²) >= 11 is 0. The van der Waals surface area contributed by atoms with E-state index in [4.69, 9.17) is 0 Å². The largest absolute Gasteiger partial charge is 0.313 e. The van der Waals surface area contributed by atoms with Crippen molar-refractivity contribution in [3.05, 3.63) is 48.3 Å². The zero-order valence-corrected chi connectivity index (χ0v) is 11.0. The second kappa shape index (κ2) is 5.74. The first-order chi connectivity index (χ1) is 8.76. The van der Waals surface area contributed by atoms with E-state index >= 15 is 0 Å². The Morgan fingerprint density at radius 3 is 2.83 bits per heavy atom. The number of hydrogen-bond acceptors (Lipinski definition) is 3. The molecule has 0 saturated carbocycles. The Labute approximate surface area is 108 Å². The zero-order valence-electron chi connectivity index (χ0n) is 11.0. The number of para-hydroxylation sites is 1. The van der Waals surface area contributed by atoms with Gasteiger partial charge in [0.2, 0.25) is 0 Å². The van der Waals surface area contributed by atoms with Gasteiger partial charge in [0.25, 0.3) is 0 Å². The van der Waals surface area contributed by atoms with E-state index in [2.05, 4.69) is 34.9 Å². The highest BCUT2D eigenvalue weighted by atomic mass is 14.9. The predicted octanol–water partition coefficient (Wildman–Crippen LogP) is 3.25. The minimum absolute atomic E-state index is 0.248. The van der Waals surface area contributed by atoms with E-state index in [0.29, 0.717) is 0 Å². The molecule has 1 heterocycles. The highest BCUT2D eigenvalue weighted by molar-refractivity contribution is 5.78. The fourth-order valence-electron chi connectivity index (χ4n) is 2.10. The monoisotopic (exact) mass is 241 g/mol. The molecule has 1 unspecified atom stereocenters. The third kappa shape index (κ3) is 2.57. The van der Waals surface area contributed by atoms with Crippen LogP contribution in [0.1, 0.15) is 31.4 Å². The van der Waals surface area contributed by atoms with Gasteiger partial charge < -0.3 is 5.32 Å². The second-order valence-corrected chi connectivity index (χ2v) is 4.42. The first kappa shape index (κ1) is 12.7. The summed E-state index contributed by atoms with van der Waals surface area (Å²) in [7, 11) is 1.98. The lowest BCUT2D eigenvalue weighted by molar-refractivity contribution is 0.585. The second-order valence-electron chi connectivity index (χ2n) is 4.42. The Balaban J connectivity index is 2.41. The van der Waals surface area contributed by atoms with Gasteiger partial charge in [0.05, 0.1) is 11.0 Å². The van der Waals surface area contributed by atoms with Crippen LogP contribution in [0.3, 0.4) is 0 Å². The summed E-state index contributed by atoms with van der Waals surface area (Å²) in [6.07, 6.45) is 5.41. The summed E-state index contributed by atoms with van der Waals surface area (Å²) < 4.78 is 0. The Kier molecular flexibility index (Phi) is 4.05. The van der Waals surface area contributed by atoms with E-state index in [1.807, 2.05) is 19.2 Å². The number of nitrogens with one attached hydrogen (secondary N) is 1. The molecule has 0 radical (unpaired) electrons. The van der Waals surface area contributed by atoms with E-state index in [0.717, 1.165) is 23.9 Å². The normalized spacial score (nSPS) is 12.6. The Morgan fingerprint density at radius 2 is 2.11 bits per heavy atom. The maximum atomic E-state index is 4.45. The van der Waals surface area contributed by atoms with Crippen LogP contribution in [0.2, 0.25) is 0 Å². The Hall–Kier alpha value is -1.74. The molecular weight excluding hydrogens is 222 g/mol. The van der Waals surface area contributed by atoms with Crippen LogP contribution in [0.4, 0.5) is 0 Å². The molecule has 3 nitrogen and oxygen atoms in total. The summed E-state index contributed by atoms with van der Waals surface area (Å²) in [5.74, 6) is 0. The van der Waals surface area contributed by atoms with Crippen molar-refractivity contribution in [3.8, 4) is 0 Å². The molecule has 1 aromatic heterocycles. The van der Waals surface area contributed by atoms with Crippen molar-refractivity contribution in [2.24, 2.45) is 0 Å². The maximum absolute atomic E-state index is 4.45. The molecule has 0 bridgehead atoms. The van der Waals surface area contributed by atoms with Gasteiger partial charge in [-0.15, -0.1) is 0 Å². The minimum Gasteiger partial charge on any atom is -0.313 e. The first-order valence-corrected chi connectivity index (χ1v) is 6.29. The van der Waals surface area contributed by atoms with Crippen LogP contribution >= 0.6 is 0 Å². The molecular formula is C15H19N3. The summed E-state index contributed by atoms with van der Waals surface area (Å²) in [5, 5.41) is 3.35. The average Bonchev–Trinajstić information content (AvgIpc) is 2.44. The molecule has 18 heavy (non-hydrogen) atoms. The van der Waals surface area contributed by atoms with Gasteiger partial charge in [-0.2, -0.15) is 0 Å². The smallest absolute Gasteiger partial charge is 0.0934 e. The minimum atomic E-state index is 0.248. The molecule has 94 valence electrons. The molecule has 0 saturated heterocycles. The van der Waals surface area contributed by atoms with Crippen molar-refractivity contribution < 1.29 is 0 Å². The van der Waals surface area contributed by atoms with Crippen LogP contribution in [-0.4, -0.2) is 17.0 Å². The summed E-state index contributed by atoms with van der Waals surface area (Å²) in [4.78, 5) is 8.80.